The molecule has 2 aliphatic carbocycles. The fourth-order valence-electron chi connectivity index (χ4n) is 7.53. The maximum Gasteiger partial charge on any atom is 0.225 e. The Morgan fingerprint density at radius 1 is 0.391 bits per heavy atom. The first-order chi connectivity index (χ1) is 33.2. The van der Waals surface area contributed by atoms with Crippen LogP contribution in [0.1, 0.15) is 131 Å². The molecule has 69 heavy (non-hydrogen) atoms. The van der Waals surface area contributed by atoms with Gasteiger partial charge in [0.05, 0.1) is 0 Å². The van der Waals surface area contributed by atoms with Gasteiger partial charge in [-0.1, -0.05) is 41.5 Å². The van der Waals surface area contributed by atoms with Crippen molar-refractivity contribution < 1.29 is 38.4 Å². The van der Waals surface area contributed by atoms with Gasteiger partial charge in [0.15, 0.2) is 23.1 Å². The standard InChI is InChI=1S/C28H36N4O4.C20H16Cl2N2O4.C4H11N/c1-5-31(6-2)15-13-25(33)29-19-9-11-21-23(17-19)28(36)24-18-20(10-12-22(24)27(21)35)30-26(34)14-16-32(7-3)8-4;21-7-5-17(25)23-11-1-3-13-15(9-11)20(28)16-10-12(24-18(26)6-8-22)2-4-14(16)19(13)27;1-3-5-4-2/h9-12,17-18H,5-8,13-16H2,1-4H3,(H,29,33)(H,30,34);1-4,9-10H,5-8H2,(H,23,25)(H,24,26);5H,3-4H2,1-2H3. The summed E-state index contributed by atoms with van der Waals surface area (Å²) in [6, 6.07) is 18.7. The molecule has 2 aliphatic rings. The van der Waals surface area contributed by atoms with Crippen LogP contribution in [0.25, 0.3) is 0 Å². The molecule has 15 nitrogen and oxygen atoms in total. The van der Waals surface area contributed by atoms with Gasteiger partial charge in [0.25, 0.3) is 0 Å². The second-order valence-electron chi connectivity index (χ2n) is 15.9. The minimum absolute atomic E-state index is 0.139. The summed E-state index contributed by atoms with van der Waals surface area (Å²) in [6.45, 7) is 19.4. The van der Waals surface area contributed by atoms with Crippen molar-refractivity contribution in [1.82, 2.24) is 15.1 Å². The van der Waals surface area contributed by atoms with Crippen molar-refractivity contribution in [3.8, 4) is 0 Å². The van der Waals surface area contributed by atoms with Crippen LogP contribution in [0.3, 0.4) is 0 Å². The quantitative estimate of drug-likeness (QED) is 0.0464. The van der Waals surface area contributed by atoms with E-state index < -0.39 is 0 Å². The lowest BCUT2D eigenvalue weighted by Gasteiger charge is -2.20. The number of fused-ring (bicyclic) bond motifs is 4. The van der Waals surface area contributed by atoms with Gasteiger partial charge in [0.1, 0.15) is 0 Å². The lowest BCUT2D eigenvalue weighted by Crippen LogP contribution is -2.28. The lowest BCUT2D eigenvalue weighted by molar-refractivity contribution is -0.117. The van der Waals surface area contributed by atoms with Crippen LogP contribution in [0.4, 0.5) is 22.7 Å². The van der Waals surface area contributed by atoms with E-state index >= 15 is 0 Å². The van der Waals surface area contributed by atoms with Crippen LogP contribution in [0.5, 0.6) is 0 Å². The first-order valence-electron chi connectivity index (χ1n) is 23.4. The Morgan fingerprint density at radius 3 is 0.855 bits per heavy atom. The Balaban J connectivity index is 0.000000280. The summed E-state index contributed by atoms with van der Waals surface area (Å²) in [5.41, 5.74) is 3.82. The van der Waals surface area contributed by atoms with E-state index in [1.807, 2.05) is 0 Å². The van der Waals surface area contributed by atoms with Crippen LogP contribution in [0, 0.1) is 0 Å². The number of nitrogens with zero attached hydrogens (tertiary/aromatic N) is 2. The van der Waals surface area contributed by atoms with Gasteiger partial charge in [-0.3, -0.25) is 38.4 Å². The molecule has 0 atom stereocenters. The van der Waals surface area contributed by atoms with Crippen molar-refractivity contribution in [2.45, 2.75) is 67.2 Å². The summed E-state index contributed by atoms with van der Waals surface area (Å²) in [6.07, 6.45) is 0.955. The average Bonchev–Trinajstić information content (AvgIpc) is 3.34. The summed E-state index contributed by atoms with van der Waals surface area (Å²) in [5.74, 6) is -1.70. The molecule has 0 saturated carbocycles. The number of rotatable bonds is 20. The number of anilines is 4. The monoisotopic (exact) mass is 983 g/mol. The van der Waals surface area contributed by atoms with Crippen LogP contribution in [0.15, 0.2) is 72.8 Å². The van der Waals surface area contributed by atoms with Crippen LogP contribution in [-0.4, -0.2) is 121 Å². The first kappa shape index (κ1) is 55.5. The topological polar surface area (TPSA) is 203 Å². The molecule has 0 spiro atoms. The van der Waals surface area contributed by atoms with Gasteiger partial charge in [-0.05, 0) is 112 Å². The molecule has 5 N–H and O–H groups in total. The highest BCUT2D eigenvalue weighted by Crippen LogP contribution is 2.33. The van der Waals surface area contributed by atoms with Crippen molar-refractivity contribution in [3.63, 3.8) is 0 Å². The Labute approximate surface area is 414 Å². The molecule has 4 aromatic rings. The average molecular weight is 985 g/mol. The summed E-state index contributed by atoms with van der Waals surface area (Å²) in [5, 5.41) is 14.1. The van der Waals surface area contributed by atoms with Crippen molar-refractivity contribution in [1.29, 1.82) is 0 Å². The Morgan fingerprint density at radius 2 is 0.638 bits per heavy atom. The zero-order valence-electron chi connectivity index (χ0n) is 40.2. The van der Waals surface area contributed by atoms with Crippen LogP contribution in [0.2, 0.25) is 0 Å². The molecule has 6 rings (SSSR count). The fourth-order valence-corrected chi connectivity index (χ4v) is 7.87. The number of amides is 4. The molecule has 0 heterocycles. The highest BCUT2D eigenvalue weighted by atomic mass is 35.5. The van der Waals surface area contributed by atoms with Crippen LogP contribution >= 0.6 is 23.2 Å². The molecule has 0 saturated heterocycles. The molecule has 0 aromatic heterocycles. The molecule has 17 heteroatoms. The van der Waals surface area contributed by atoms with Gasteiger partial charge in [-0.15, -0.1) is 23.2 Å². The summed E-state index contributed by atoms with van der Waals surface area (Å²) in [4.78, 5) is 105. The maximum absolute atomic E-state index is 13.3. The number of carbonyl (C=O) groups is 8. The third-order valence-electron chi connectivity index (χ3n) is 11.4. The molecule has 4 aromatic carbocycles. The lowest BCUT2D eigenvalue weighted by atomic mass is 9.83. The van der Waals surface area contributed by atoms with Crippen molar-refractivity contribution in [2.24, 2.45) is 0 Å². The number of carbonyl (C=O) groups excluding carboxylic acids is 8. The number of nitrogens with one attached hydrogen (secondary N) is 5. The molecule has 368 valence electrons. The Bertz CT molecular complexity index is 2360. The van der Waals surface area contributed by atoms with E-state index in [0.717, 1.165) is 39.3 Å². The highest BCUT2D eigenvalue weighted by Gasteiger charge is 2.32. The second kappa shape index (κ2) is 27.8. The van der Waals surface area contributed by atoms with Crippen molar-refractivity contribution in [3.05, 3.63) is 117 Å². The third-order valence-corrected chi connectivity index (χ3v) is 11.8. The predicted molar refractivity (Wildman–Crippen MR) is 274 cm³/mol. The first-order valence-corrected chi connectivity index (χ1v) is 24.5. The molecular weight excluding hydrogens is 922 g/mol. The van der Waals surface area contributed by atoms with Crippen molar-refractivity contribution in [2.75, 3.05) is 85.4 Å². The molecule has 0 bridgehead atoms. The maximum atomic E-state index is 13.3. The van der Waals surface area contributed by atoms with Crippen LogP contribution in [-0.2, 0) is 19.2 Å². The number of alkyl halides is 2. The van der Waals surface area contributed by atoms with Crippen LogP contribution < -0.4 is 26.6 Å². The normalized spacial score (nSPS) is 12.1. The number of halogens is 2. The number of benzene rings is 4. The van der Waals surface area contributed by atoms with E-state index in [4.69, 9.17) is 23.2 Å². The zero-order chi connectivity index (χ0) is 50.6. The minimum Gasteiger partial charge on any atom is -0.326 e. The second-order valence-corrected chi connectivity index (χ2v) is 16.7. The van der Waals surface area contributed by atoms with E-state index in [1.165, 1.54) is 24.3 Å². The number of hydrogen-bond donors (Lipinski definition) is 5. The van der Waals surface area contributed by atoms with E-state index in [0.29, 0.717) is 59.8 Å². The van der Waals surface area contributed by atoms with Crippen molar-refractivity contribution >= 4 is 92.7 Å². The Hall–Kier alpha value is -6.10. The zero-order valence-corrected chi connectivity index (χ0v) is 41.8. The summed E-state index contributed by atoms with van der Waals surface area (Å²) in [7, 11) is 0. The van der Waals surface area contributed by atoms with E-state index in [-0.39, 0.29) is 105 Å². The molecule has 4 amide bonds. The summed E-state index contributed by atoms with van der Waals surface area (Å²) < 4.78 is 0. The number of ketones is 4. The molecule has 0 radical (unpaired) electrons. The van der Waals surface area contributed by atoms with Gasteiger partial charge in [-0.2, -0.15) is 0 Å². The SMILES string of the molecule is CCN(CC)CCC(=O)Nc1ccc2c(c1)C(=O)c1cc(NC(=O)CCN(CC)CC)ccc1C2=O.CCNCC.O=C(CCCl)Nc1ccc2c(c1)C(=O)c1cc(NC(=O)CCCl)ccc1C2=O. The number of hydrogen-bond acceptors (Lipinski definition) is 11. The van der Waals surface area contributed by atoms with Gasteiger partial charge >= 0.3 is 0 Å². The highest BCUT2D eigenvalue weighted by molar-refractivity contribution is 6.30. The third kappa shape index (κ3) is 15.4. The largest absolute Gasteiger partial charge is 0.326 e. The van der Waals surface area contributed by atoms with Gasteiger partial charge in [-0.25, -0.2) is 0 Å². The molecular formula is C52H63Cl2N7O8. The van der Waals surface area contributed by atoms with E-state index in [2.05, 4.69) is 77.9 Å². The molecule has 0 unspecified atom stereocenters. The van der Waals surface area contributed by atoms with E-state index in [1.54, 1.807) is 48.5 Å². The minimum atomic E-state index is -0.355. The van der Waals surface area contributed by atoms with Gasteiger partial charge < -0.3 is 36.4 Å². The van der Waals surface area contributed by atoms with Gasteiger partial charge in [0, 0.05) is 118 Å². The van der Waals surface area contributed by atoms with E-state index in [9.17, 15) is 38.4 Å². The molecule has 0 fully saturated rings. The molecule has 0 aliphatic heterocycles. The summed E-state index contributed by atoms with van der Waals surface area (Å²) >= 11 is 11.1. The Kier molecular flexibility index (Phi) is 22.3. The predicted octanol–water partition coefficient (Wildman–Crippen LogP) is 8.02. The smallest absolute Gasteiger partial charge is 0.225 e. The fraction of sp³-hybridized carbons (Fsp3) is 0.385. The van der Waals surface area contributed by atoms with Gasteiger partial charge in [0.2, 0.25) is 23.6 Å².